The second kappa shape index (κ2) is 8.40. The van der Waals surface area contributed by atoms with E-state index in [0.717, 1.165) is 4.47 Å². The Labute approximate surface area is 157 Å². The third-order valence-electron chi connectivity index (χ3n) is 4.98. The van der Waals surface area contributed by atoms with Gasteiger partial charge >= 0.3 is 0 Å². The Morgan fingerprint density at radius 1 is 1.16 bits per heavy atom. The van der Waals surface area contributed by atoms with E-state index in [2.05, 4.69) is 46.3 Å². The van der Waals surface area contributed by atoms with Gasteiger partial charge in [0.2, 0.25) is 0 Å². The van der Waals surface area contributed by atoms with Crippen LogP contribution >= 0.6 is 15.9 Å². The van der Waals surface area contributed by atoms with E-state index in [9.17, 15) is 5.26 Å². The fourth-order valence-corrected chi connectivity index (χ4v) is 4.10. The molecule has 0 saturated heterocycles. The summed E-state index contributed by atoms with van der Waals surface area (Å²) in [5.41, 5.74) is 1.76. The van der Waals surface area contributed by atoms with Crippen LogP contribution in [0.2, 0.25) is 0 Å². The molecule has 25 heavy (non-hydrogen) atoms. The Balaban J connectivity index is 1.84. The largest absolute Gasteiger partial charge is 0.495 e. The minimum absolute atomic E-state index is 0.347. The van der Waals surface area contributed by atoms with Crippen LogP contribution in [0.3, 0.4) is 0 Å². The molecule has 1 fully saturated rings. The predicted molar refractivity (Wildman–Crippen MR) is 102 cm³/mol. The van der Waals surface area contributed by atoms with Gasteiger partial charge in [-0.25, -0.2) is 0 Å². The van der Waals surface area contributed by atoms with E-state index in [-0.39, 0.29) is 0 Å². The molecule has 3 rings (SSSR count). The van der Waals surface area contributed by atoms with Crippen LogP contribution in [-0.4, -0.2) is 13.7 Å². The maximum Gasteiger partial charge on any atom is 0.142 e. The zero-order valence-corrected chi connectivity index (χ0v) is 16.0. The summed E-state index contributed by atoms with van der Waals surface area (Å²) in [6.45, 7) is 0.572. The number of hydrogen-bond acceptors (Lipinski definition) is 3. The van der Waals surface area contributed by atoms with Crippen LogP contribution in [0.5, 0.6) is 11.5 Å². The van der Waals surface area contributed by atoms with E-state index in [0.29, 0.717) is 35.5 Å². The topological polar surface area (TPSA) is 42.2 Å². The highest BCUT2D eigenvalue weighted by atomic mass is 79.9. The first-order valence-electron chi connectivity index (χ1n) is 8.68. The summed E-state index contributed by atoms with van der Waals surface area (Å²) in [6.07, 6.45) is 5.08. The van der Waals surface area contributed by atoms with Gasteiger partial charge in [0.25, 0.3) is 0 Å². The van der Waals surface area contributed by atoms with Crippen molar-refractivity contribution < 1.29 is 9.47 Å². The zero-order chi connectivity index (χ0) is 17.6. The Hall–Kier alpha value is -1.99. The maximum absolute atomic E-state index is 9.49. The Morgan fingerprint density at radius 3 is 2.48 bits per heavy atom. The molecule has 1 aliphatic rings. The van der Waals surface area contributed by atoms with E-state index in [1.807, 2.05) is 12.1 Å². The summed E-state index contributed by atoms with van der Waals surface area (Å²) in [7, 11) is 1.57. The van der Waals surface area contributed by atoms with E-state index in [1.54, 1.807) is 13.2 Å². The molecule has 130 valence electrons. The summed E-state index contributed by atoms with van der Waals surface area (Å²) in [5.74, 6) is 2.10. The molecule has 2 aromatic carbocycles. The number of benzene rings is 2. The molecule has 1 saturated carbocycles. The standard InChI is InChI=1S/C21H22BrNO2/c1-24-20-11-17(22)12-21(18(20)13-23)25-14-19(16-9-5-6-10-16)15-7-3-2-4-8-15/h2-4,7-8,11-12,16,19H,5-6,9-10,14H2,1H3. The second-order valence-electron chi connectivity index (χ2n) is 6.47. The third-order valence-corrected chi connectivity index (χ3v) is 5.44. The van der Waals surface area contributed by atoms with Crippen molar-refractivity contribution in [1.29, 1.82) is 5.26 Å². The van der Waals surface area contributed by atoms with Gasteiger partial charge < -0.3 is 9.47 Å². The van der Waals surface area contributed by atoms with Crippen molar-refractivity contribution >= 4 is 15.9 Å². The number of rotatable bonds is 6. The minimum Gasteiger partial charge on any atom is -0.495 e. The molecule has 1 unspecified atom stereocenters. The molecule has 0 bridgehead atoms. The molecule has 3 nitrogen and oxygen atoms in total. The first kappa shape index (κ1) is 17.8. The van der Waals surface area contributed by atoms with Gasteiger partial charge in [0.15, 0.2) is 0 Å². The molecule has 0 spiro atoms. The van der Waals surface area contributed by atoms with Gasteiger partial charge in [0.1, 0.15) is 23.1 Å². The lowest BCUT2D eigenvalue weighted by Crippen LogP contribution is -2.18. The van der Waals surface area contributed by atoms with E-state index >= 15 is 0 Å². The summed E-state index contributed by atoms with van der Waals surface area (Å²) >= 11 is 3.47. The molecule has 0 aromatic heterocycles. The molecule has 0 N–H and O–H groups in total. The minimum atomic E-state index is 0.347. The van der Waals surface area contributed by atoms with Crippen LogP contribution in [0.1, 0.15) is 42.7 Å². The lowest BCUT2D eigenvalue weighted by atomic mass is 9.85. The van der Waals surface area contributed by atoms with Crippen molar-refractivity contribution in [2.75, 3.05) is 13.7 Å². The van der Waals surface area contributed by atoms with Gasteiger partial charge in [-0.15, -0.1) is 0 Å². The molecular weight excluding hydrogens is 378 g/mol. The summed E-state index contributed by atoms with van der Waals surface area (Å²) in [6, 6.07) is 16.4. The fraction of sp³-hybridized carbons (Fsp3) is 0.381. The quantitative estimate of drug-likeness (QED) is 0.626. The molecule has 0 heterocycles. The number of methoxy groups -OCH3 is 1. The SMILES string of the molecule is COc1cc(Br)cc(OCC(c2ccccc2)C2CCCC2)c1C#N. The predicted octanol–water partition coefficient (Wildman–Crippen LogP) is 5.68. The average molecular weight is 400 g/mol. The van der Waals surface area contributed by atoms with Crippen LogP contribution < -0.4 is 9.47 Å². The molecule has 0 radical (unpaired) electrons. The number of hydrogen-bond donors (Lipinski definition) is 0. The van der Waals surface area contributed by atoms with Crippen LogP contribution in [0.4, 0.5) is 0 Å². The summed E-state index contributed by atoms with van der Waals surface area (Å²) in [4.78, 5) is 0. The van der Waals surface area contributed by atoms with Crippen molar-refractivity contribution in [1.82, 2.24) is 0 Å². The van der Waals surface area contributed by atoms with Gasteiger partial charge in [-0.3, -0.25) is 0 Å². The Kier molecular flexibility index (Phi) is 5.99. The van der Waals surface area contributed by atoms with Gasteiger partial charge in [-0.1, -0.05) is 59.1 Å². The van der Waals surface area contributed by atoms with Crippen LogP contribution in [0.25, 0.3) is 0 Å². The molecular formula is C21H22BrNO2. The van der Waals surface area contributed by atoms with Gasteiger partial charge in [0.05, 0.1) is 13.7 Å². The lowest BCUT2D eigenvalue weighted by Gasteiger charge is -2.24. The summed E-state index contributed by atoms with van der Waals surface area (Å²) < 4.78 is 12.3. The van der Waals surface area contributed by atoms with Crippen LogP contribution in [0.15, 0.2) is 46.9 Å². The summed E-state index contributed by atoms with van der Waals surface area (Å²) in [5, 5.41) is 9.49. The van der Waals surface area contributed by atoms with E-state index in [1.165, 1.54) is 31.2 Å². The van der Waals surface area contributed by atoms with Crippen molar-refractivity contribution in [3.63, 3.8) is 0 Å². The molecule has 1 atom stereocenters. The van der Waals surface area contributed by atoms with Crippen molar-refractivity contribution in [2.45, 2.75) is 31.6 Å². The van der Waals surface area contributed by atoms with E-state index in [4.69, 9.17) is 9.47 Å². The van der Waals surface area contributed by atoms with Gasteiger partial charge in [0, 0.05) is 10.4 Å². The van der Waals surface area contributed by atoms with Gasteiger partial charge in [-0.2, -0.15) is 5.26 Å². The monoisotopic (exact) mass is 399 g/mol. The molecule has 4 heteroatoms. The molecule has 0 aliphatic heterocycles. The van der Waals surface area contributed by atoms with Crippen molar-refractivity contribution in [3.8, 4) is 17.6 Å². The van der Waals surface area contributed by atoms with E-state index < -0.39 is 0 Å². The smallest absolute Gasteiger partial charge is 0.142 e. The van der Waals surface area contributed by atoms with Crippen LogP contribution in [-0.2, 0) is 0 Å². The maximum atomic E-state index is 9.49. The number of nitriles is 1. The zero-order valence-electron chi connectivity index (χ0n) is 14.4. The number of nitrogens with zero attached hydrogens (tertiary/aromatic N) is 1. The Bertz CT molecular complexity index is 748. The first-order valence-corrected chi connectivity index (χ1v) is 9.47. The molecule has 2 aromatic rings. The van der Waals surface area contributed by atoms with Crippen molar-refractivity contribution in [2.24, 2.45) is 5.92 Å². The van der Waals surface area contributed by atoms with Crippen LogP contribution in [0, 0.1) is 17.2 Å². The third kappa shape index (κ3) is 4.16. The van der Waals surface area contributed by atoms with Gasteiger partial charge in [-0.05, 0) is 36.5 Å². The van der Waals surface area contributed by atoms with Crippen molar-refractivity contribution in [3.05, 3.63) is 58.1 Å². The fourth-order valence-electron chi connectivity index (χ4n) is 3.69. The Morgan fingerprint density at radius 2 is 1.84 bits per heavy atom. The molecule has 0 amide bonds. The lowest BCUT2D eigenvalue weighted by molar-refractivity contribution is 0.244. The highest BCUT2D eigenvalue weighted by molar-refractivity contribution is 9.10. The first-order chi connectivity index (χ1) is 12.2. The normalized spacial score (nSPS) is 15.6. The second-order valence-corrected chi connectivity index (χ2v) is 7.38. The molecule has 1 aliphatic carbocycles. The highest BCUT2D eigenvalue weighted by Gasteiger charge is 2.27. The number of ether oxygens (including phenoxy) is 2. The highest BCUT2D eigenvalue weighted by Crippen LogP contribution is 2.39. The number of halogens is 1. The average Bonchev–Trinajstić information content (AvgIpc) is 3.16.